The number of hydrogen-bond donors (Lipinski definition) is 1. The second-order valence-corrected chi connectivity index (χ2v) is 3.79. The monoisotopic (exact) mass is 267 g/mol. The minimum Gasteiger partial charge on any atom is -0.493 e. The van der Waals surface area contributed by atoms with E-state index in [1.807, 2.05) is 0 Å². The Labute approximate surface area is 103 Å². The van der Waals surface area contributed by atoms with Crippen molar-refractivity contribution in [3.8, 4) is 5.75 Å². The van der Waals surface area contributed by atoms with Crippen LogP contribution in [-0.4, -0.2) is 13.2 Å². The quantitative estimate of drug-likeness (QED) is 0.849. The van der Waals surface area contributed by atoms with Crippen LogP contribution in [0.2, 0.25) is 0 Å². The third kappa shape index (κ3) is 2.66. The van der Waals surface area contributed by atoms with Crippen molar-refractivity contribution in [1.29, 1.82) is 0 Å². The number of nitrogens with two attached hydrogens (primary N) is 1. The largest absolute Gasteiger partial charge is 0.493 e. The summed E-state index contributed by atoms with van der Waals surface area (Å²) >= 11 is 0. The number of alkyl halides is 3. The third-order valence-corrected chi connectivity index (χ3v) is 2.79. The van der Waals surface area contributed by atoms with Crippen molar-refractivity contribution >= 4 is 12.4 Å². The van der Waals surface area contributed by atoms with Gasteiger partial charge in [-0.2, -0.15) is 13.2 Å². The van der Waals surface area contributed by atoms with Gasteiger partial charge in [-0.1, -0.05) is 12.1 Å². The first-order valence-electron chi connectivity index (χ1n) is 5.07. The van der Waals surface area contributed by atoms with Crippen LogP contribution in [0.4, 0.5) is 13.2 Å². The molecule has 0 radical (unpaired) electrons. The normalized spacial score (nSPS) is 18.9. The van der Waals surface area contributed by atoms with E-state index >= 15 is 0 Å². The Morgan fingerprint density at radius 1 is 1.35 bits per heavy atom. The average molecular weight is 268 g/mol. The second-order valence-electron chi connectivity index (χ2n) is 3.79. The Morgan fingerprint density at radius 2 is 2.06 bits per heavy atom. The molecular weight excluding hydrogens is 255 g/mol. The van der Waals surface area contributed by atoms with Crippen LogP contribution in [-0.2, 0) is 6.18 Å². The molecular formula is C11H13ClF3NO. The Kier molecular flexibility index (Phi) is 4.27. The fourth-order valence-corrected chi connectivity index (χ4v) is 1.96. The predicted molar refractivity (Wildman–Crippen MR) is 60.6 cm³/mol. The Morgan fingerprint density at radius 3 is 2.65 bits per heavy atom. The van der Waals surface area contributed by atoms with E-state index < -0.39 is 11.7 Å². The fraction of sp³-hybridized carbons (Fsp3) is 0.455. The molecule has 96 valence electrons. The first kappa shape index (κ1) is 14.1. The topological polar surface area (TPSA) is 35.2 Å². The van der Waals surface area contributed by atoms with Gasteiger partial charge in [-0.25, -0.2) is 0 Å². The van der Waals surface area contributed by atoms with Crippen LogP contribution in [0.15, 0.2) is 18.2 Å². The van der Waals surface area contributed by atoms with Crippen LogP contribution < -0.4 is 10.5 Å². The molecule has 0 saturated carbocycles. The number of halogens is 4. The minimum atomic E-state index is -4.37. The third-order valence-electron chi connectivity index (χ3n) is 2.79. The Bertz CT molecular complexity index is 395. The fourth-order valence-electron chi connectivity index (χ4n) is 1.96. The maximum Gasteiger partial charge on any atom is 0.419 e. The van der Waals surface area contributed by atoms with Crippen LogP contribution in [0.5, 0.6) is 5.75 Å². The summed E-state index contributed by atoms with van der Waals surface area (Å²) in [6.07, 6.45) is -3.70. The van der Waals surface area contributed by atoms with Gasteiger partial charge in [0, 0.05) is 5.92 Å². The first-order chi connectivity index (χ1) is 7.54. The lowest BCUT2D eigenvalue weighted by atomic mass is 9.91. The number of para-hydroxylation sites is 1. The summed E-state index contributed by atoms with van der Waals surface area (Å²) in [7, 11) is 0. The molecule has 2 N–H and O–H groups in total. The maximum atomic E-state index is 12.7. The van der Waals surface area contributed by atoms with Crippen molar-refractivity contribution in [1.82, 2.24) is 0 Å². The number of rotatable bonds is 1. The molecule has 1 atom stereocenters. The van der Waals surface area contributed by atoms with Crippen LogP contribution in [0, 0.1) is 0 Å². The molecule has 1 aliphatic rings. The average Bonchev–Trinajstić information content (AvgIpc) is 2.26. The summed E-state index contributed by atoms with van der Waals surface area (Å²) in [5.74, 6) is -0.0808. The molecule has 0 bridgehead atoms. The van der Waals surface area contributed by atoms with Crippen LogP contribution in [0.3, 0.4) is 0 Å². The molecule has 6 heteroatoms. The summed E-state index contributed by atoms with van der Waals surface area (Å²) < 4.78 is 43.2. The lowest BCUT2D eigenvalue weighted by molar-refractivity contribution is -0.139. The molecule has 0 fully saturated rings. The van der Waals surface area contributed by atoms with E-state index in [0.29, 0.717) is 25.1 Å². The van der Waals surface area contributed by atoms with E-state index in [9.17, 15) is 13.2 Å². The molecule has 0 saturated heterocycles. The molecule has 1 aromatic carbocycles. The standard InChI is InChI=1S/C11H12F3NO.ClH/c12-11(13,14)9-3-1-2-8-7(6-15)4-5-16-10(8)9;/h1-3,7H,4-6,15H2;1H. The van der Waals surface area contributed by atoms with Crippen molar-refractivity contribution in [2.75, 3.05) is 13.2 Å². The van der Waals surface area contributed by atoms with Crippen LogP contribution in [0.1, 0.15) is 23.5 Å². The summed E-state index contributed by atoms with van der Waals surface area (Å²) in [5.41, 5.74) is 5.41. The van der Waals surface area contributed by atoms with E-state index in [4.69, 9.17) is 10.5 Å². The van der Waals surface area contributed by atoms with E-state index in [0.717, 1.165) is 6.07 Å². The Hall–Kier alpha value is -0.940. The highest BCUT2D eigenvalue weighted by atomic mass is 35.5. The number of benzene rings is 1. The Balaban J connectivity index is 0.00000144. The van der Waals surface area contributed by atoms with Gasteiger partial charge in [-0.15, -0.1) is 12.4 Å². The van der Waals surface area contributed by atoms with Gasteiger partial charge in [0.25, 0.3) is 0 Å². The molecule has 1 unspecified atom stereocenters. The molecule has 1 aromatic rings. The van der Waals surface area contributed by atoms with Gasteiger partial charge < -0.3 is 10.5 Å². The summed E-state index contributed by atoms with van der Waals surface area (Å²) in [6, 6.07) is 4.10. The molecule has 2 nitrogen and oxygen atoms in total. The predicted octanol–water partition coefficient (Wildman–Crippen LogP) is 2.95. The van der Waals surface area contributed by atoms with Crippen molar-refractivity contribution in [2.24, 2.45) is 5.73 Å². The van der Waals surface area contributed by atoms with Crippen molar-refractivity contribution in [3.63, 3.8) is 0 Å². The highest BCUT2D eigenvalue weighted by molar-refractivity contribution is 5.85. The molecule has 0 spiro atoms. The molecule has 0 aromatic heterocycles. The van der Waals surface area contributed by atoms with E-state index in [2.05, 4.69) is 0 Å². The van der Waals surface area contributed by atoms with Gasteiger partial charge in [0.05, 0.1) is 12.2 Å². The maximum absolute atomic E-state index is 12.7. The number of hydrogen-bond acceptors (Lipinski definition) is 2. The molecule has 1 aliphatic heterocycles. The van der Waals surface area contributed by atoms with Crippen LogP contribution in [0.25, 0.3) is 0 Å². The van der Waals surface area contributed by atoms with Crippen molar-refractivity contribution in [3.05, 3.63) is 29.3 Å². The van der Waals surface area contributed by atoms with Gasteiger partial charge in [0.15, 0.2) is 0 Å². The zero-order valence-electron chi connectivity index (χ0n) is 8.96. The molecule has 17 heavy (non-hydrogen) atoms. The molecule has 2 rings (SSSR count). The lowest BCUT2D eigenvalue weighted by Gasteiger charge is -2.27. The molecule has 0 aliphatic carbocycles. The van der Waals surface area contributed by atoms with Gasteiger partial charge in [-0.3, -0.25) is 0 Å². The highest BCUT2D eigenvalue weighted by Crippen LogP contribution is 2.42. The highest BCUT2D eigenvalue weighted by Gasteiger charge is 2.37. The first-order valence-corrected chi connectivity index (χ1v) is 5.07. The van der Waals surface area contributed by atoms with Crippen molar-refractivity contribution < 1.29 is 17.9 Å². The van der Waals surface area contributed by atoms with Gasteiger partial charge in [0.1, 0.15) is 5.75 Å². The van der Waals surface area contributed by atoms with Crippen molar-refractivity contribution in [2.45, 2.75) is 18.5 Å². The van der Waals surface area contributed by atoms with Gasteiger partial charge in [-0.05, 0) is 24.6 Å². The zero-order chi connectivity index (χ0) is 11.8. The molecule has 1 heterocycles. The SMILES string of the molecule is Cl.NCC1CCOc2c1cccc2C(F)(F)F. The van der Waals surface area contributed by atoms with Crippen LogP contribution >= 0.6 is 12.4 Å². The minimum absolute atomic E-state index is 0. The smallest absolute Gasteiger partial charge is 0.419 e. The summed E-state index contributed by atoms with van der Waals surface area (Å²) in [4.78, 5) is 0. The summed E-state index contributed by atoms with van der Waals surface area (Å²) in [5, 5.41) is 0. The summed E-state index contributed by atoms with van der Waals surface area (Å²) in [6.45, 7) is 0.639. The van der Waals surface area contributed by atoms with E-state index in [1.165, 1.54) is 6.07 Å². The lowest BCUT2D eigenvalue weighted by Crippen LogP contribution is -2.23. The van der Waals surface area contributed by atoms with Gasteiger partial charge in [0.2, 0.25) is 0 Å². The molecule has 0 amide bonds. The second kappa shape index (κ2) is 5.14. The number of ether oxygens (including phenoxy) is 1. The van der Waals surface area contributed by atoms with Gasteiger partial charge >= 0.3 is 6.18 Å². The van der Waals surface area contributed by atoms with E-state index in [1.54, 1.807) is 6.07 Å². The number of fused-ring (bicyclic) bond motifs is 1. The van der Waals surface area contributed by atoms with E-state index in [-0.39, 0.29) is 24.1 Å². The zero-order valence-corrected chi connectivity index (χ0v) is 9.77.